The summed E-state index contributed by atoms with van der Waals surface area (Å²) in [5, 5.41) is 11.6. The van der Waals surface area contributed by atoms with E-state index in [0.717, 1.165) is 28.0 Å². The lowest BCUT2D eigenvalue weighted by molar-refractivity contribution is 0.850. The zero-order chi connectivity index (χ0) is 14.7. The van der Waals surface area contributed by atoms with Gasteiger partial charge in [-0.1, -0.05) is 6.07 Å². The lowest BCUT2D eigenvalue weighted by Gasteiger charge is -2.10. The van der Waals surface area contributed by atoms with Gasteiger partial charge in [0.15, 0.2) is 0 Å². The predicted octanol–water partition coefficient (Wildman–Crippen LogP) is 2.57. The molecule has 0 bridgehead atoms. The molecule has 0 aliphatic heterocycles. The highest BCUT2D eigenvalue weighted by atomic mass is 15.1. The van der Waals surface area contributed by atoms with Crippen LogP contribution in [0.25, 0.3) is 22.2 Å². The number of nitrogen functional groups attached to an aromatic ring is 1. The predicted molar refractivity (Wildman–Crippen MR) is 85.2 cm³/mol. The number of rotatable bonds is 3. The monoisotopic (exact) mass is 292 g/mol. The fourth-order valence-electron chi connectivity index (χ4n) is 3.27. The number of hydrogen-bond donors (Lipinski definition) is 3. The van der Waals surface area contributed by atoms with Crippen molar-refractivity contribution < 1.29 is 0 Å². The number of aromatic amines is 1. The van der Waals surface area contributed by atoms with Gasteiger partial charge in [0.1, 0.15) is 5.82 Å². The molecule has 2 aliphatic rings. The second kappa shape index (κ2) is 3.97. The second-order valence-corrected chi connectivity index (χ2v) is 6.39. The van der Waals surface area contributed by atoms with Gasteiger partial charge in [-0.2, -0.15) is 10.1 Å². The lowest BCUT2D eigenvalue weighted by Crippen LogP contribution is -2.09. The van der Waals surface area contributed by atoms with Crippen LogP contribution in [0.4, 0.5) is 11.8 Å². The quantitative estimate of drug-likeness (QED) is 0.690. The summed E-state index contributed by atoms with van der Waals surface area (Å²) in [6.45, 7) is 0. The second-order valence-electron chi connectivity index (χ2n) is 6.39. The summed E-state index contributed by atoms with van der Waals surface area (Å²) in [5.41, 5.74) is 9.22. The average Bonchev–Trinajstić information content (AvgIpc) is 3.35. The van der Waals surface area contributed by atoms with Crippen LogP contribution in [0, 0.1) is 5.41 Å². The average molecular weight is 292 g/mol. The van der Waals surface area contributed by atoms with E-state index in [0.29, 0.717) is 17.4 Å². The van der Waals surface area contributed by atoms with Gasteiger partial charge >= 0.3 is 0 Å². The van der Waals surface area contributed by atoms with Crippen LogP contribution in [0.3, 0.4) is 0 Å². The molecule has 3 aromatic rings. The molecule has 2 aliphatic carbocycles. The van der Waals surface area contributed by atoms with E-state index >= 15 is 0 Å². The van der Waals surface area contributed by atoms with Crippen LogP contribution >= 0.6 is 0 Å². The highest BCUT2D eigenvalue weighted by molar-refractivity contribution is 5.92. The summed E-state index contributed by atoms with van der Waals surface area (Å²) in [7, 11) is 0. The lowest BCUT2D eigenvalue weighted by atomic mass is 10.1. The van der Waals surface area contributed by atoms with Crippen LogP contribution in [-0.2, 0) is 0 Å². The molecule has 4 N–H and O–H groups in total. The molecule has 6 heteroatoms. The smallest absolute Gasteiger partial charge is 0.222 e. The van der Waals surface area contributed by atoms with Gasteiger partial charge in [0.25, 0.3) is 0 Å². The number of hydrogen-bond acceptors (Lipinski definition) is 5. The summed E-state index contributed by atoms with van der Waals surface area (Å²) in [6.07, 6.45) is 5.74. The van der Waals surface area contributed by atoms with Crippen LogP contribution in [0.2, 0.25) is 0 Å². The first-order valence-electron chi connectivity index (χ1n) is 7.58. The number of nitrogens with two attached hydrogens (primary N) is 1. The number of anilines is 2. The maximum Gasteiger partial charge on any atom is 0.222 e. The molecule has 2 fully saturated rings. The van der Waals surface area contributed by atoms with Crippen LogP contribution in [0.5, 0.6) is 0 Å². The summed E-state index contributed by atoms with van der Waals surface area (Å²) < 4.78 is 0. The van der Waals surface area contributed by atoms with E-state index in [2.05, 4.69) is 25.5 Å². The van der Waals surface area contributed by atoms with Gasteiger partial charge in [0.05, 0.1) is 11.2 Å². The van der Waals surface area contributed by atoms with E-state index in [-0.39, 0.29) is 0 Å². The zero-order valence-electron chi connectivity index (χ0n) is 12.0. The zero-order valence-corrected chi connectivity index (χ0v) is 12.0. The summed E-state index contributed by atoms with van der Waals surface area (Å²) >= 11 is 0. The Bertz CT molecular complexity index is 866. The molecule has 2 saturated carbocycles. The number of H-pyrrole nitrogens is 1. The number of nitrogens with one attached hydrogen (secondary N) is 2. The highest BCUT2D eigenvalue weighted by Gasteiger charge is 2.63. The summed E-state index contributed by atoms with van der Waals surface area (Å²) in [4.78, 5) is 8.78. The maximum absolute atomic E-state index is 5.89. The summed E-state index contributed by atoms with van der Waals surface area (Å²) in [5.74, 6) is 1.16. The van der Waals surface area contributed by atoms with E-state index in [9.17, 15) is 0 Å². The molecule has 1 spiro atoms. The van der Waals surface area contributed by atoms with Gasteiger partial charge in [-0.3, -0.25) is 5.10 Å². The molecular weight excluding hydrogens is 276 g/mol. The van der Waals surface area contributed by atoms with Gasteiger partial charge in [-0.05, 0) is 42.9 Å². The van der Waals surface area contributed by atoms with Crippen molar-refractivity contribution in [1.29, 1.82) is 0 Å². The van der Waals surface area contributed by atoms with Crippen molar-refractivity contribution >= 4 is 22.7 Å². The van der Waals surface area contributed by atoms with Crippen molar-refractivity contribution in [3.8, 4) is 11.3 Å². The minimum atomic E-state index is 0.305. The number of nitrogens with zero attached hydrogens (tertiary/aromatic N) is 3. The van der Waals surface area contributed by atoms with Crippen molar-refractivity contribution in [2.45, 2.75) is 25.3 Å². The van der Waals surface area contributed by atoms with Gasteiger partial charge in [-0.25, -0.2) is 4.98 Å². The largest absolute Gasteiger partial charge is 0.368 e. The molecular formula is C16H16N6. The normalized spacial score (nSPS) is 21.2. The molecule has 2 aromatic heterocycles. The number of fused-ring (bicyclic) bond motifs is 1. The van der Waals surface area contributed by atoms with Crippen LogP contribution in [0.1, 0.15) is 19.3 Å². The molecule has 0 unspecified atom stereocenters. The first-order valence-corrected chi connectivity index (χ1v) is 7.58. The standard InChI is InChI=1S/C16H16N6/c17-15-19-12-7-9(11-3-6-18-22-11)1-2-10(12)14(21-15)20-13-8-16(13)4-5-16/h1-3,6-7,13H,4-5,8H2,(H,18,22)(H3,17,19,20,21)/t13-/m0/s1. The van der Waals surface area contributed by atoms with Crippen LogP contribution < -0.4 is 11.1 Å². The Balaban J connectivity index is 1.58. The first kappa shape index (κ1) is 12.0. The first-order chi connectivity index (χ1) is 10.7. The molecule has 6 nitrogen and oxygen atoms in total. The number of benzene rings is 1. The van der Waals surface area contributed by atoms with Gasteiger partial charge in [0.2, 0.25) is 5.95 Å². The summed E-state index contributed by atoms with van der Waals surface area (Å²) in [6, 6.07) is 8.59. The third-order valence-electron chi connectivity index (χ3n) is 4.90. The van der Waals surface area contributed by atoms with Crippen molar-refractivity contribution in [3.63, 3.8) is 0 Å². The Hall–Kier alpha value is -2.63. The van der Waals surface area contributed by atoms with Crippen LogP contribution in [-0.4, -0.2) is 26.2 Å². The van der Waals surface area contributed by atoms with Crippen molar-refractivity contribution in [2.24, 2.45) is 5.41 Å². The molecule has 0 amide bonds. The Morgan fingerprint density at radius 2 is 2.14 bits per heavy atom. The van der Waals surface area contributed by atoms with Crippen molar-refractivity contribution in [3.05, 3.63) is 30.5 Å². The van der Waals surface area contributed by atoms with E-state index in [1.54, 1.807) is 0 Å². The number of aromatic nitrogens is 4. The van der Waals surface area contributed by atoms with Gasteiger partial charge in [0, 0.05) is 23.2 Å². The molecule has 110 valence electrons. The maximum atomic E-state index is 5.89. The molecule has 2 heterocycles. The van der Waals surface area contributed by atoms with E-state index in [1.165, 1.54) is 19.3 Å². The molecule has 5 rings (SSSR count). The molecule has 22 heavy (non-hydrogen) atoms. The third kappa shape index (κ3) is 1.76. The Labute approximate surface area is 127 Å². The SMILES string of the molecule is Nc1nc(N[C@H]2CC23CC3)c2ccc(-c3cc[nH]n3)cc2n1. The topological polar surface area (TPSA) is 92.5 Å². The van der Waals surface area contributed by atoms with Gasteiger partial charge in [-0.15, -0.1) is 0 Å². The minimum Gasteiger partial charge on any atom is -0.368 e. The van der Waals surface area contributed by atoms with E-state index < -0.39 is 0 Å². The molecule has 0 saturated heterocycles. The fourth-order valence-corrected chi connectivity index (χ4v) is 3.27. The molecule has 1 aromatic carbocycles. The van der Waals surface area contributed by atoms with Crippen molar-refractivity contribution in [1.82, 2.24) is 20.2 Å². The molecule has 1 atom stereocenters. The third-order valence-corrected chi connectivity index (χ3v) is 4.90. The fraction of sp³-hybridized carbons (Fsp3) is 0.312. The van der Waals surface area contributed by atoms with Crippen LogP contribution in [0.15, 0.2) is 30.5 Å². The van der Waals surface area contributed by atoms with E-state index in [4.69, 9.17) is 5.73 Å². The Kier molecular flexibility index (Phi) is 2.16. The van der Waals surface area contributed by atoms with E-state index in [1.807, 2.05) is 30.5 Å². The van der Waals surface area contributed by atoms with Crippen molar-refractivity contribution in [2.75, 3.05) is 11.1 Å². The minimum absolute atomic E-state index is 0.305. The Morgan fingerprint density at radius 3 is 2.86 bits per heavy atom. The Morgan fingerprint density at radius 1 is 1.23 bits per heavy atom. The van der Waals surface area contributed by atoms with Gasteiger partial charge < -0.3 is 11.1 Å². The highest BCUT2D eigenvalue weighted by Crippen LogP contribution is 2.66. The molecule has 0 radical (unpaired) electrons.